The number of aliphatic hydroxyl groups excluding tert-OH is 1. The van der Waals surface area contributed by atoms with Crippen molar-refractivity contribution in [2.45, 2.75) is 52.7 Å². The fraction of sp³-hybridized carbons (Fsp3) is 0.591. The standard InChI is InChI=1S/C22H31N5O3/c1-14-11-18(13-26-7-9-27(10-8-26)21(29)17-5-4-6-17)15(2)19(12-14)23-22-25-24-20(30-22)16(3)28/h11-12,16-17,28H,4-10,13H2,1-3H3,(H,23,25). The van der Waals surface area contributed by atoms with Crippen molar-refractivity contribution < 1.29 is 14.3 Å². The van der Waals surface area contributed by atoms with E-state index in [0.29, 0.717) is 5.91 Å². The molecule has 8 nitrogen and oxygen atoms in total. The van der Waals surface area contributed by atoms with E-state index >= 15 is 0 Å². The van der Waals surface area contributed by atoms with Crippen molar-refractivity contribution in [3.8, 4) is 0 Å². The number of amides is 1. The number of carbonyl (C=O) groups is 1. The SMILES string of the molecule is Cc1cc(CN2CCN(C(=O)C3CCC3)CC2)c(C)c(Nc2nnc(C(C)O)o2)c1. The van der Waals surface area contributed by atoms with Crippen molar-refractivity contribution in [2.75, 3.05) is 31.5 Å². The second-order valence-corrected chi connectivity index (χ2v) is 8.57. The maximum absolute atomic E-state index is 12.5. The highest BCUT2D eigenvalue weighted by Gasteiger charge is 2.31. The first-order valence-corrected chi connectivity index (χ1v) is 10.8. The molecule has 2 heterocycles. The third-order valence-electron chi connectivity index (χ3n) is 6.23. The smallest absolute Gasteiger partial charge is 0.320 e. The van der Waals surface area contributed by atoms with Crippen molar-refractivity contribution in [1.29, 1.82) is 0 Å². The molecule has 2 aliphatic rings. The second-order valence-electron chi connectivity index (χ2n) is 8.57. The van der Waals surface area contributed by atoms with Crippen LogP contribution in [0, 0.1) is 19.8 Å². The van der Waals surface area contributed by atoms with Gasteiger partial charge in [-0.15, -0.1) is 5.10 Å². The van der Waals surface area contributed by atoms with E-state index in [2.05, 4.69) is 46.4 Å². The summed E-state index contributed by atoms with van der Waals surface area (Å²) in [7, 11) is 0. The molecule has 30 heavy (non-hydrogen) atoms. The molecule has 2 aromatic rings. The zero-order chi connectivity index (χ0) is 21.3. The Labute approximate surface area is 177 Å². The molecule has 2 fully saturated rings. The average molecular weight is 414 g/mol. The Kier molecular flexibility index (Phi) is 6.06. The summed E-state index contributed by atoms with van der Waals surface area (Å²) in [5, 5.41) is 20.6. The van der Waals surface area contributed by atoms with Crippen LogP contribution in [0.25, 0.3) is 0 Å². The number of hydrogen-bond donors (Lipinski definition) is 2. The number of carbonyl (C=O) groups excluding carboxylic acids is 1. The van der Waals surface area contributed by atoms with Gasteiger partial charge < -0.3 is 19.7 Å². The molecule has 162 valence electrons. The molecule has 1 saturated carbocycles. The molecule has 2 N–H and O–H groups in total. The van der Waals surface area contributed by atoms with E-state index in [1.54, 1.807) is 6.92 Å². The lowest BCUT2D eigenvalue weighted by molar-refractivity contribution is -0.140. The van der Waals surface area contributed by atoms with Crippen molar-refractivity contribution in [1.82, 2.24) is 20.0 Å². The Balaban J connectivity index is 1.40. The second kappa shape index (κ2) is 8.73. The Morgan fingerprint density at radius 3 is 2.57 bits per heavy atom. The lowest BCUT2D eigenvalue weighted by atomic mass is 9.84. The number of benzene rings is 1. The van der Waals surface area contributed by atoms with Gasteiger partial charge in [-0.1, -0.05) is 17.6 Å². The predicted molar refractivity (Wildman–Crippen MR) is 113 cm³/mol. The van der Waals surface area contributed by atoms with Gasteiger partial charge in [0.1, 0.15) is 6.10 Å². The minimum atomic E-state index is -0.794. The summed E-state index contributed by atoms with van der Waals surface area (Å²) in [5.41, 5.74) is 4.44. The summed E-state index contributed by atoms with van der Waals surface area (Å²) in [4.78, 5) is 16.9. The van der Waals surface area contributed by atoms with Crippen molar-refractivity contribution in [3.63, 3.8) is 0 Å². The van der Waals surface area contributed by atoms with Crippen molar-refractivity contribution in [3.05, 3.63) is 34.7 Å². The van der Waals surface area contributed by atoms with Gasteiger partial charge in [-0.3, -0.25) is 9.69 Å². The molecule has 0 bridgehead atoms. The molecule has 0 spiro atoms. The number of aliphatic hydroxyl groups is 1. The summed E-state index contributed by atoms with van der Waals surface area (Å²) in [6.45, 7) is 10.0. The van der Waals surface area contributed by atoms with Gasteiger partial charge in [-0.25, -0.2) is 0 Å². The van der Waals surface area contributed by atoms with Gasteiger partial charge >= 0.3 is 6.01 Å². The van der Waals surface area contributed by atoms with Gasteiger partial charge in [-0.2, -0.15) is 0 Å². The van der Waals surface area contributed by atoms with Gasteiger partial charge in [-0.05, 0) is 56.4 Å². The van der Waals surface area contributed by atoms with Crippen LogP contribution in [0.5, 0.6) is 0 Å². The van der Waals surface area contributed by atoms with Gasteiger partial charge in [0.2, 0.25) is 11.8 Å². The molecule has 4 rings (SSSR count). The van der Waals surface area contributed by atoms with Gasteiger partial charge in [0.05, 0.1) is 0 Å². The zero-order valence-electron chi connectivity index (χ0n) is 18.0. The number of piperazine rings is 1. The monoisotopic (exact) mass is 413 g/mol. The largest absolute Gasteiger partial charge is 0.405 e. The van der Waals surface area contributed by atoms with E-state index in [9.17, 15) is 9.90 Å². The summed E-state index contributed by atoms with van der Waals surface area (Å²) >= 11 is 0. The first-order valence-electron chi connectivity index (χ1n) is 10.8. The highest BCUT2D eigenvalue weighted by Crippen LogP contribution is 2.29. The van der Waals surface area contributed by atoms with Gasteiger partial charge in [0.15, 0.2) is 0 Å². The van der Waals surface area contributed by atoms with Crippen LogP contribution in [-0.2, 0) is 11.3 Å². The minimum Gasteiger partial charge on any atom is -0.405 e. The first-order chi connectivity index (χ1) is 14.4. The Morgan fingerprint density at radius 2 is 1.97 bits per heavy atom. The van der Waals surface area contributed by atoms with E-state index in [1.165, 1.54) is 12.0 Å². The summed E-state index contributed by atoms with van der Waals surface area (Å²) in [5.74, 6) is 0.829. The molecule has 1 aliphatic heterocycles. The molecule has 1 aromatic carbocycles. The van der Waals surface area contributed by atoms with Crippen LogP contribution in [0.3, 0.4) is 0 Å². The highest BCUT2D eigenvalue weighted by molar-refractivity contribution is 5.79. The van der Waals surface area contributed by atoms with Crippen LogP contribution >= 0.6 is 0 Å². The highest BCUT2D eigenvalue weighted by atomic mass is 16.4. The molecule has 8 heteroatoms. The van der Waals surface area contributed by atoms with Crippen LogP contribution in [0.15, 0.2) is 16.5 Å². The number of aromatic nitrogens is 2. The summed E-state index contributed by atoms with van der Waals surface area (Å²) < 4.78 is 5.47. The predicted octanol–water partition coefficient (Wildman–Crippen LogP) is 2.93. The number of aryl methyl sites for hydroxylation is 1. The fourth-order valence-corrected chi connectivity index (χ4v) is 4.08. The van der Waals surface area contributed by atoms with E-state index in [-0.39, 0.29) is 17.8 Å². The number of nitrogens with one attached hydrogen (secondary N) is 1. The van der Waals surface area contributed by atoms with Crippen LogP contribution in [0.4, 0.5) is 11.7 Å². The van der Waals surface area contributed by atoms with E-state index in [4.69, 9.17) is 4.42 Å². The molecule has 1 aliphatic carbocycles. The molecule has 1 unspecified atom stereocenters. The maximum atomic E-state index is 12.5. The van der Waals surface area contributed by atoms with Gasteiger partial charge in [0, 0.05) is 44.3 Å². The third kappa shape index (κ3) is 4.49. The topological polar surface area (TPSA) is 94.7 Å². The number of anilines is 2. The van der Waals surface area contributed by atoms with Crippen LogP contribution < -0.4 is 5.32 Å². The zero-order valence-corrected chi connectivity index (χ0v) is 18.0. The molecule has 1 aromatic heterocycles. The molecule has 0 radical (unpaired) electrons. The van der Waals surface area contributed by atoms with Gasteiger partial charge in [0.25, 0.3) is 0 Å². The molecule has 1 amide bonds. The third-order valence-corrected chi connectivity index (χ3v) is 6.23. The van der Waals surface area contributed by atoms with E-state index < -0.39 is 6.10 Å². The molecular formula is C22H31N5O3. The molecular weight excluding hydrogens is 382 g/mol. The van der Waals surface area contributed by atoms with Crippen LogP contribution in [0.1, 0.15) is 54.9 Å². The van der Waals surface area contributed by atoms with E-state index in [1.807, 2.05) is 4.90 Å². The van der Waals surface area contributed by atoms with Crippen molar-refractivity contribution in [2.24, 2.45) is 5.92 Å². The van der Waals surface area contributed by atoms with Crippen LogP contribution in [0.2, 0.25) is 0 Å². The molecule has 1 atom stereocenters. The Hall–Kier alpha value is -2.45. The normalized spacial score (nSPS) is 18.9. The van der Waals surface area contributed by atoms with Crippen LogP contribution in [-0.4, -0.2) is 57.2 Å². The fourth-order valence-electron chi connectivity index (χ4n) is 4.08. The Bertz CT molecular complexity index is 898. The van der Waals surface area contributed by atoms with E-state index in [0.717, 1.165) is 62.4 Å². The number of rotatable bonds is 6. The van der Waals surface area contributed by atoms with Crippen molar-refractivity contribution >= 4 is 17.6 Å². The average Bonchev–Trinajstić information content (AvgIpc) is 3.13. The lowest BCUT2D eigenvalue weighted by Crippen LogP contribution is -2.50. The lowest BCUT2D eigenvalue weighted by Gasteiger charge is -2.38. The minimum absolute atomic E-state index is 0.192. The number of nitrogens with zero attached hydrogens (tertiary/aromatic N) is 4. The first kappa shape index (κ1) is 20.8. The summed E-state index contributed by atoms with van der Waals surface area (Å²) in [6, 6.07) is 4.54. The summed E-state index contributed by atoms with van der Waals surface area (Å²) in [6.07, 6.45) is 2.53. The molecule has 1 saturated heterocycles. The quantitative estimate of drug-likeness (QED) is 0.752. The Morgan fingerprint density at radius 1 is 1.23 bits per heavy atom. The number of hydrogen-bond acceptors (Lipinski definition) is 7. The maximum Gasteiger partial charge on any atom is 0.320 e.